The summed E-state index contributed by atoms with van der Waals surface area (Å²) in [5.74, 6) is 0.0916. The highest BCUT2D eigenvalue weighted by Gasteiger charge is 2.30. The van der Waals surface area contributed by atoms with Crippen molar-refractivity contribution in [2.24, 2.45) is 5.92 Å². The first kappa shape index (κ1) is 16.2. The summed E-state index contributed by atoms with van der Waals surface area (Å²) in [5, 5.41) is -0.376. The van der Waals surface area contributed by atoms with E-state index in [2.05, 4.69) is 13.5 Å². The summed E-state index contributed by atoms with van der Waals surface area (Å²) in [6, 6.07) is 0. The van der Waals surface area contributed by atoms with Crippen LogP contribution in [-0.4, -0.2) is 32.9 Å². The minimum absolute atomic E-state index is 0.0544. The molecule has 0 amide bonds. The average molecular weight is 290 g/mol. The molecule has 0 N–H and O–H groups in total. The molecule has 6 heteroatoms. The van der Waals surface area contributed by atoms with Crippen LogP contribution in [0.4, 0.5) is 0 Å². The van der Waals surface area contributed by atoms with Crippen molar-refractivity contribution in [2.75, 3.05) is 13.2 Å². The summed E-state index contributed by atoms with van der Waals surface area (Å²) < 4.78 is 33.5. The average Bonchev–Trinajstić information content (AvgIpc) is 2.38. The van der Waals surface area contributed by atoms with E-state index in [0.717, 1.165) is 18.9 Å². The summed E-state index contributed by atoms with van der Waals surface area (Å²) in [6.07, 6.45) is 4.65. The fourth-order valence-electron chi connectivity index (χ4n) is 2.08. The van der Waals surface area contributed by atoms with Gasteiger partial charge >= 0.3 is 5.97 Å². The van der Waals surface area contributed by atoms with Gasteiger partial charge < -0.3 is 4.74 Å². The van der Waals surface area contributed by atoms with Crippen LogP contribution in [0.1, 0.15) is 39.0 Å². The lowest BCUT2D eigenvalue weighted by molar-refractivity contribution is -0.137. The van der Waals surface area contributed by atoms with Gasteiger partial charge in [-0.1, -0.05) is 13.5 Å². The molecule has 5 nitrogen and oxygen atoms in total. The van der Waals surface area contributed by atoms with Crippen LogP contribution in [0.5, 0.6) is 0 Å². The lowest BCUT2D eigenvalue weighted by atomic mass is 9.91. The molecule has 1 fully saturated rings. The van der Waals surface area contributed by atoms with Crippen LogP contribution in [0.25, 0.3) is 0 Å². The van der Waals surface area contributed by atoms with E-state index >= 15 is 0 Å². The van der Waals surface area contributed by atoms with Crippen LogP contribution in [0.15, 0.2) is 12.7 Å². The van der Waals surface area contributed by atoms with Gasteiger partial charge in [0.25, 0.3) is 10.1 Å². The second-order valence-corrected chi connectivity index (χ2v) is 6.81. The normalized spacial score (nSPS) is 23.8. The lowest BCUT2D eigenvalue weighted by Crippen LogP contribution is -2.28. The van der Waals surface area contributed by atoms with Crippen molar-refractivity contribution in [3.63, 3.8) is 0 Å². The summed E-state index contributed by atoms with van der Waals surface area (Å²) >= 11 is 0. The molecular formula is C13H22O5S. The Morgan fingerprint density at radius 1 is 1.26 bits per heavy atom. The van der Waals surface area contributed by atoms with Gasteiger partial charge in [0.05, 0.1) is 18.5 Å². The van der Waals surface area contributed by atoms with E-state index in [1.54, 1.807) is 0 Å². The molecule has 110 valence electrons. The molecule has 0 spiro atoms. The van der Waals surface area contributed by atoms with Gasteiger partial charge in [-0.25, -0.2) is 4.79 Å². The minimum Gasteiger partial charge on any atom is -0.462 e. The zero-order valence-electron chi connectivity index (χ0n) is 11.3. The van der Waals surface area contributed by atoms with E-state index < -0.39 is 16.1 Å². The predicted octanol–water partition coefficient (Wildman–Crippen LogP) is 2.03. The zero-order chi connectivity index (χ0) is 14.3. The maximum atomic E-state index is 11.9. The highest BCUT2D eigenvalue weighted by molar-refractivity contribution is 7.87. The van der Waals surface area contributed by atoms with E-state index in [4.69, 9.17) is 8.92 Å². The van der Waals surface area contributed by atoms with E-state index in [1.807, 2.05) is 0 Å². The topological polar surface area (TPSA) is 69.7 Å². The first-order chi connectivity index (χ1) is 8.95. The third kappa shape index (κ3) is 5.74. The predicted molar refractivity (Wildman–Crippen MR) is 72.1 cm³/mol. The molecule has 0 aliphatic heterocycles. The molecular weight excluding hydrogens is 268 g/mol. The Morgan fingerprint density at radius 3 is 2.47 bits per heavy atom. The second kappa shape index (κ2) is 7.65. The van der Waals surface area contributed by atoms with Gasteiger partial charge in [-0.3, -0.25) is 4.18 Å². The van der Waals surface area contributed by atoms with Crippen molar-refractivity contribution in [3.05, 3.63) is 12.7 Å². The van der Waals surface area contributed by atoms with Gasteiger partial charge in [-0.05, 0) is 31.6 Å². The van der Waals surface area contributed by atoms with Crippen LogP contribution >= 0.6 is 0 Å². The monoisotopic (exact) mass is 290 g/mol. The van der Waals surface area contributed by atoms with E-state index in [-0.39, 0.29) is 18.5 Å². The van der Waals surface area contributed by atoms with Crippen LogP contribution in [0, 0.1) is 5.92 Å². The van der Waals surface area contributed by atoms with Crippen molar-refractivity contribution < 1.29 is 22.1 Å². The molecule has 1 saturated carbocycles. The lowest BCUT2D eigenvalue weighted by Gasteiger charge is -2.25. The summed E-state index contributed by atoms with van der Waals surface area (Å²) in [7, 11) is -3.47. The molecule has 0 heterocycles. The Kier molecular flexibility index (Phi) is 6.51. The maximum absolute atomic E-state index is 11.9. The van der Waals surface area contributed by atoms with Gasteiger partial charge in [-0.2, -0.15) is 8.42 Å². The molecule has 1 aliphatic carbocycles. The smallest absolute Gasteiger partial charge is 0.330 e. The number of hydrogen-bond donors (Lipinski definition) is 0. The van der Waals surface area contributed by atoms with Gasteiger partial charge in [0.15, 0.2) is 0 Å². The molecule has 0 atom stereocenters. The molecule has 0 unspecified atom stereocenters. The van der Waals surface area contributed by atoms with Gasteiger partial charge in [-0.15, -0.1) is 0 Å². The molecule has 1 aliphatic rings. The molecule has 0 bridgehead atoms. The Hall–Kier alpha value is -0.880. The summed E-state index contributed by atoms with van der Waals surface area (Å²) in [5.41, 5.74) is 0. The standard InChI is InChI=1S/C13H22O5S/c1-3-13(14)17-9-4-10-18-19(15,16)12-7-5-11(2)6-8-12/h3,11-12H,1,4-10H2,2H3. The summed E-state index contributed by atoms with van der Waals surface area (Å²) in [4.78, 5) is 10.8. The minimum atomic E-state index is -3.47. The Morgan fingerprint density at radius 2 is 1.89 bits per heavy atom. The molecule has 0 radical (unpaired) electrons. The highest BCUT2D eigenvalue weighted by Crippen LogP contribution is 2.28. The number of rotatable bonds is 7. The van der Waals surface area contributed by atoms with Crippen LogP contribution < -0.4 is 0 Å². The highest BCUT2D eigenvalue weighted by atomic mass is 32.2. The Labute approximate surface area is 115 Å². The quantitative estimate of drug-likeness (QED) is 0.310. The second-order valence-electron chi connectivity index (χ2n) is 4.92. The molecule has 19 heavy (non-hydrogen) atoms. The van der Waals surface area contributed by atoms with Crippen molar-refractivity contribution in [3.8, 4) is 0 Å². The molecule has 1 rings (SSSR count). The number of ether oxygens (including phenoxy) is 1. The number of carbonyl (C=O) groups is 1. The first-order valence-electron chi connectivity index (χ1n) is 6.63. The number of carbonyl (C=O) groups excluding carboxylic acids is 1. The van der Waals surface area contributed by atoms with E-state index in [9.17, 15) is 13.2 Å². The molecule has 0 aromatic heterocycles. The number of esters is 1. The maximum Gasteiger partial charge on any atom is 0.330 e. The molecule has 0 aromatic rings. The zero-order valence-corrected chi connectivity index (χ0v) is 12.2. The van der Waals surface area contributed by atoms with Crippen molar-refractivity contribution in [1.29, 1.82) is 0 Å². The Bertz CT molecular complexity index is 393. The largest absolute Gasteiger partial charge is 0.462 e. The fraction of sp³-hybridized carbons (Fsp3) is 0.769. The van der Waals surface area contributed by atoms with E-state index in [1.165, 1.54) is 0 Å². The van der Waals surface area contributed by atoms with Gasteiger partial charge in [0, 0.05) is 12.5 Å². The third-order valence-electron chi connectivity index (χ3n) is 3.32. The first-order valence-corrected chi connectivity index (χ1v) is 8.10. The van der Waals surface area contributed by atoms with Crippen molar-refractivity contribution in [1.82, 2.24) is 0 Å². The molecule has 0 aromatic carbocycles. The van der Waals surface area contributed by atoms with E-state index in [0.29, 0.717) is 25.2 Å². The van der Waals surface area contributed by atoms with Crippen molar-refractivity contribution >= 4 is 16.1 Å². The number of hydrogen-bond acceptors (Lipinski definition) is 5. The van der Waals surface area contributed by atoms with Gasteiger partial charge in [0.2, 0.25) is 0 Å². The Balaban J connectivity index is 2.23. The SMILES string of the molecule is C=CC(=O)OCCCOS(=O)(=O)C1CCC(C)CC1. The van der Waals surface area contributed by atoms with Crippen molar-refractivity contribution in [2.45, 2.75) is 44.3 Å². The van der Waals surface area contributed by atoms with Crippen LogP contribution in [0.2, 0.25) is 0 Å². The summed E-state index contributed by atoms with van der Waals surface area (Å²) in [6.45, 7) is 5.60. The fourth-order valence-corrected chi connectivity index (χ4v) is 3.47. The van der Waals surface area contributed by atoms with Crippen LogP contribution in [-0.2, 0) is 23.8 Å². The molecule has 0 saturated heterocycles. The van der Waals surface area contributed by atoms with Gasteiger partial charge in [0.1, 0.15) is 0 Å². The van der Waals surface area contributed by atoms with Crippen LogP contribution in [0.3, 0.4) is 0 Å². The third-order valence-corrected chi connectivity index (χ3v) is 5.10.